The first-order chi connectivity index (χ1) is 39.4. The number of ether oxygens (including phenoxy) is 4. The van der Waals surface area contributed by atoms with Gasteiger partial charge >= 0.3 is 39.5 Å². The highest BCUT2D eigenvalue weighted by molar-refractivity contribution is 7.47. The van der Waals surface area contributed by atoms with Crippen LogP contribution in [0.4, 0.5) is 0 Å². The molecule has 0 radical (unpaired) electrons. The number of aliphatic hydroxyl groups excluding tert-OH is 1. The van der Waals surface area contributed by atoms with E-state index in [1.807, 2.05) is 0 Å². The van der Waals surface area contributed by atoms with Gasteiger partial charge in [-0.3, -0.25) is 37.3 Å². The van der Waals surface area contributed by atoms with E-state index in [1.165, 1.54) is 122 Å². The summed E-state index contributed by atoms with van der Waals surface area (Å²) in [5.74, 6) is -0.792. The molecule has 0 amide bonds. The monoisotopic (exact) mass is 1210 g/mol. The molecule has 0 heterocycles. The molecule has 0 aromatic carbocycles. The van der Waals surface area contributed by atoms with Crippen molar-refractivity contribution < 1.29 is 80.2 Å². The van der Waals surface area contributed by atoms with E-state index in [0.717, 1.165) is 96.3 Å². The molecule has 0 spiro atoms. The molecule has 17 nitrogen and oxygen atoms in total. The van der Waals surface area contributed by atoms with Gasteiger partial charge in [-0.15, -0.1) is 0 Å². The Morgan fingerprint density at radius 2 is 0.561 bits per heavy atom. The second-order valence-corrected chi connectivity index (χ2v) is 26.7. The van der Waals surface area contributed by atoms with Crippen molar-refractivity contribution in [1.29, 1.82) is 0 Å². The van der Waals surface area contributed by atoms with Crippen LogP contribution in [0.15, 0.2) is 0 Å². The minimum absolute atomic E-state index is 0.102. The Hall–Kier alpha value is -1.94. The number of esters is 4. The van der Waals surface area contributed by atoms with Gasteiger partial charge in [0.2, 0.25) is 0 Å². The smallest absolute Gasteiger partial charge is 0.462 e. The van der Waals surface area contributed by atoms with Crippen molar-refractivity contribution in [2.24, 2.45) is 11.8 Å². The Balaban J connectivity index is 5.20. The lowest BCUT2D eigenvalue weighted by Gasteiger charge is -2.21. The number of phosphoric ester groups is 2. The minimum Gasteiger partial charge on any atom is -0.462 e. The molecule has 0 aromatic heterocycles. The summed E-state index contributed by atoms with van der Waals surface area (Å²) in [5, 5.41) is 10.5. The lowest BCUT2D eigenvalue weighted by Crippen LogP contribution is -2.30. The van der Waals surface area contributed by atoms with E-state index >= 15 is 0 Å². The van der Waals surface area contributed by atoms with Crippen LogP contribution in [0, 0.1) is 11.8 Å². The van der Waals surface area contributed by atoms with Crippen molar-refractivity contribution in [3.63, 3.8) is 0 Å². The van der Waals surface area contributed by atoms with Crippen LogP contribution in [-0.2, 0) is 65.4 Å². The van der Waals surface area contributed by atoms with Crippen molar-refractivity contribution in [1.82, 2.24) is 0 Å². The summed E-state index contributed by atoms with van der Waals surface area (Å²) < 4.78 is 67.9. The van der Waals surface area contributed by atoms with Crippen LogP contribution in [0.5, 0.6) is 0 Å². The second kappa shape index (κ2) is 55.6. The lowest BCUT2D eigenvalue weighted by molar-refractivity contribution is -0.161. The van der Waals surface area contributed by atoms with Crippen molar-refractivity contribution in [3.8, 4) is 0 Å². The van der Waals surface area contributed by atoms with Crippen molar-refractivity contribution >= 4 is 39.5 Å². The first-order valence-corrected chi connectivity index (χ1v) is 36.0. The van der Waals surface area contributed by atoms with E-state index in [4.69, 9.17) is 37.0 Å². The van der Waals surface area contributed by atoms with E-state index < -0.39 is 97.5 Å². The maximum Gasteiger partial charge on any atom is 0.472 e. The van der Waals surface area contributed by atoms with Crippen LogP contribution in [-0.4, -0.2) is 96.7 Å². The number of phosphoric acid groups is 2. The molecule has 0 aliphatic heterocycles. The van der Waals surface area contributed by atoms with Crippen LogP contribution in [0.1, 0.15) is 311 Å². The highest BCUT2D eigenvalue weighted by Gasteiger charge is 2.30. The van der Waals surface area contributed by atoms with Crippen molar-refractivity contribution in [3.05, 3.63) is 0 Å². The summed E-state index contributed by atoms with van der Waals surface area (Å²) in [5.41, 5.74) is 0. The van der Waals surface area contributed by atoms with Gasteiger partial charge in [-0.2, -0.15) is 0 Å². The quantitative estimate of drug-likeness (QED) is 0.0222. The van der Waals surface area contributed by atoms with Gasteiger partial charge < -0.3 is 33.8 Å². The predicted octanol–water partition coefficient (Wildman–Crippen LogP) is 17.3. The number of unbranched alkanes of at least 4 members (excludes halogenated alkanes) is 32. The van der Waals surface area contributed by atoms with Crippen molar-refractivity contribution in [2.45, 2.75) is 330 Å². The summed E-state index contributed by atoms with van der Waals surface area (Å²) in [6.45, 7) is 9.30. The predicted molar refractivity (Wildman–Crippen MR) is 326 cm³/mol. The first-order valence-electron chi connectivity index (χ1n) is 33.0. The molecule has 2 unspecified atom stereocenters. The van der Waals surface area contributed by atoms with E-state index in [0.29, 0.717) is 37.5 Å². The first kappa shape index (κ1) is 80.1. The van der Waals surface area contributed by atoms with Gasteiger partial charge in [0.1, 0.15) is 19.3 Å². The molecule has 0 aliphatic rings. The summed E-state index contributed by atoms with van der Waals surface area (Å²) in [6.07, 6.45) is 37.9. The highest BCUT2D eigenvalue weighted by Crippen LogP contribution is 2.45. The summed E-state index contributed by atoms with van der Waals surface area (Å²) >= 11 is 0. The van der Waals surface area contributed by atoms with Gasteiger partial charge in [0.05, 0.1) is 26.4 Å². The number of rotatable bonds is 62. The van der Waals surface area contributed by atoms with E-state index in [-0.39, 0.29) is 25.7 Å². The molecular weight excluding hydrogens is 1090 g/mol. The Kier molecular flexibility index (Phi) is 54.3. The Morgan fingerprint density at radius 1 is 0.329 bits per heavy atom. The van der Waals surface area contributed by atoms with Gasteiger partial charge in [0, 0.05) is 25.7 Å². The van der Waals surface area contributed by atoms with E-state index in [9.17, 15) is 43.2 Å². The Labute approximate surface area is 498 Å². The average Bonchev–Trinajstić information content (AvgIpc) is 3.43. The molecule has 19 heteroatoms. The number of carbonyl (C=O) groups is 4. The molecule has 0 saturated carbocycles. The third kappa shape index (κ3) is 57.2. The molecule has 82 heavy (non-hydrogen) atoms. The summed E-state index contributed by atoms with van der Waals surface area (Å²) in [7, 11) is -9.88. The van der Waals surface area contributed by atoms with Crippen LogP contribution < -0.4 is 0 Å². The highest BCUT2D eigenvalue weighted by atomic mass is 31.2. The zero-order valence-electron chi connectivity index (χ0n) is 52.8. The van der Waals surface area contributed by atoms with Gasteiger partial charge in [-0.1, -0.05) is 260 Å². The number of aliphatic hydroxyl groups is 1. The maximum absolute atomic E-state index is 13.0. The molecule has 3 N–H and O–H groups in total. The third-order valence-corrected chi connectivity index (χ3v) is 16.4. The molecule has 0 saturated heterocycles. The van der Waals surface area contributed by atoms with Gasteiger partial charge in [-0.25, -0.2) is 9.13 Å². The van der Waals surface area contributed by atoms with E-state index in [1.54, 1.807) is 0 Å². The van der Waals surface area contributed by atoms with Crippen molar-refractivity contribution in [2.75, 3.05) is 39.6 Å². The number of carbonyl (C=O) groups excluding carboxylic acids is 4. The molecule has 0 fully saturated rings. The van der Waals surface area contributed by atoms with Crippen LogP contribution >= 0.6 is 15.6 Å². The minimum atomic E-state index is -4.94. The fraction of sp³-hybridized carbons (Fsp3) is 0.937. The van der Waals surface area contributed by atoms with Gasteiger partial charge in [-0.05, 0) is 37.5 Å². The normalized spacial score (nSPS) is 14.3. The summed E-state index contributed by atoms with van der Waals surface area (Å²) in [6, 6.07) is 0. The molecule has 0 rings (SSSR count). The molecule has 486 valence electrons. The number of hydrogen-bond donors (Lipinski definition) is 3. The van der Waals surface area contributed by atoms with Crippen LogP contribution in [0.25, 0.3) is 0 Å². The molecule has 0 bridgehead atoms. The van der Waals surface area contributed by atoms with Crippen LogP contribution in [0.3, 0.4) is 0 Å². The molecule has 0 aromatic rings. The Morgan fingerprint density at radius 3 is 0.829 bits per heavy atom. The number of hydrogen-bond acceptors (Lipinski definition) is 15. The maximum atomic E-state index is 13.0. The van der Waals surface area contributed by atoms with Crippen LogP contribution in [0.2, 0.25) is 0 Å². The topological polar surface area (TPSA) is 237 Å². The SMILES string of the molecule is CCCCCCCCCCCCCCCCCC(=O)O[C@H](COC(=O)CCCCCCCCC(C)C)COP(=O)(O)OC[C@@H](O)COP(=O)(O)OC[C@@H](COC(=O)CCCCCCCCCCC)OC(=O)CCCCCCCCC(C)C. The molecule has 0 aliphatic carbocycles. The summed E-state index contributed by atoms with van der Waals surface area (Å²) in [4.78, 5) is 72.1. The average molecular weight is 1210 g/mol. The van der Waals surface area contributed by atoms with Gasteiger partial charge in [0.15, 0.2) is 12.2 Å². The fourth-order valence-corrected chi connectivity index (χ4v) is 10.9. The van der Waals surface area contributed by atoms with Gasteiger partial charge in [0.25, 0.3) is 0 Å². The molecule has 5 atom stereocenters. The third-order valence-electron chi connectivity index (χ3n) is 14.5. The lowest BCUT2D eigenvalue weighted by atomic mass is 10.0. The zero-order chi connectivity index (χ0) is 60.8. The Bertz CT molecular complexity index is 1620. The zero-order valence-corrected chi connectivity index (χ0v) is 54.6. The second-order valence-electron chi connectivity index (χ2n) is 23.7. The molecular formula is C63H122O17P2. The fourth-order valence-electron chi connectivity index (χ4n) is 9.35. The standard InChI is InChI=1S/C63H122O17P2/c1-7-9-11-13-15-17-18-19-20-21-22-24-26-35-41-47-62(67)79-58(52-74-61(66)46-40-34-29-27-31-37-43-55(3)4)53-77-81(69,70)75-49-57(64)50-76-82(71,72)78-54-59(80-63(68)48-42-36-30-28-32-38-44-56(5)6)51-73-60(65)45-39-33-25-23-16-14-12-10-8-2/h55-59,64H,7-54H2,1-6H3,(H,69,70)(H,71,72)/t57-,58-,59-/m1/s1. The van der Waals surface area contributed by atoms with E-state index in [2.05, 4.69) is 41.5 Å². The largest absolute Gasteiger partial charge is 0.472 e.